The highest BCUT2D eigenvalue weighted by atomic mass is 15.2. The minimum atomic E-state index is 0.228. The summed E-state index contributed by atoms with van der Waals surface area (Å²) in [5.41, 5.74) is 9.17. The van der Waals surface area contributed by atoms with Gasteiger partial charge in [0.15, 0.2) is 0 Å². The molecule has 0 amide bonds. The average Bonchev–Trinajstić information content (AvgIpc) is 2.66. The molecule has 112 valence electrons. The second-order valence-corrected chi connectivity index (χ2v) is 6.50. The van der Waals surface area contributed by atoms with E-state index in [1.54, 1.807) is 0 Å². The van der Waals surface area contributed by atoms with Crippen LogP contribution in [0.5, 0.6) is 0 Å². The van der Waals surface area contributed by atoms with Gasteiger partial charge in [-0.2, -0.15) is 0 Å². The van der Waals surface area contributed by atoms with Gasteiger partial charge >= 0.3 is 0 Å². The van der Waals surface area contributed by atoms with E-state index in [4.69, 9.17) is 5.73 Å². The quantitative estimate of drug-likeness (QED) is 0.902. The first-order chi connectivity index (χ1) is 9.61. The maximum Gasteiger partial charge on any atom is 0.0499 e. The molecule has 0 spiro atoms. The zero-order chi connectivity index (χ0) is 14.5. The van der Waals surface area contributed by atoms with E-state index >= 15 is 0 Å². The third-order valence-corrected chi connectivity index (χ3v) is 4.74. The van der Waals surface area contributed by atoms with Crippen LogP contribution in [0.15, 0.2) is 24.3 Å². The molecular formula is C18H30N2. The number of hydrogen-bond donors (Lipinski definition) is 1. The van der Waals surface area contributed by atoms with Crippen molar-refractivity contribution in [2.75, 3.05) is 13.1 Å². The summed E-state index contributed by atoms with van der Waals surface area (Å²) < 4.78 is 0. The summed E-state index contributed by atoms with van der Waals surface area (Å²) in [6.45, 7) is 9.10. The van der Waals surface area contributed by atoms with Gasteiger partial charge in [-0.3, -0.25) is 4.90 Å². The van der Waals surface area contributed by atoms with Crippen molar-refractivity contribution in [3.63, 3.8) is 0 Å². The first-order valence-corrected chi connectivity index (χ1v) is 8.18. The Bertz CT molecular complexity index is 398. The molecule has 1 heterocycles. The van der Waals surface area contributed by atoms with Gasteiger partial charge in [-0.1, -0.05) is 43.7 Å². The summed E-state index contributed by atoms with van der Waals surface area (Å²) in [5.74, 6) is 0.858. The van der Waals surface area contributed by atoms with Gasteiger partial charge in [0, 0.05) is 12.1 Å². The van der Waals surface area contributed by atoms with E-state index in [-0.39, 0.29) is 6.04 Å². The van der Waals surface area contributed by atoms with Crippen LogP contribution in [-0.2, 0) is 0 Å². The van der Waals surface area contributed by atoms with Crippen LogP contribution in [0.2, 0.25) is 0 Å². The van der Waals surface area contributed by atoms with Crippen LogP contribution in [0.25, 0.3) is 0 Å². The highest BCUT2D eigenvalue weighted by Crippen LogP contribution is 2.29. The van der Waals surface area contributed by atoms with Crippen molar-refractivity contribution < 1.29 is 0 Å². The van der Waals surface area contributed by atoms with Crippen LogP contribution >= 0.6 is 0 Å². The molecule has 0 saturated carbocycles. The van der Waals surface area contributed by atoms with Crippen molar-refractivity contribution in [2.45, 2.75) is 58.5 Å². The van der Waals surface area contributed by atoms with Crippen molar-refractivity contribution in [2.24, 2.45) is 11.7 Å². The molecule has 20 heavy (non-hydrogen) atoms. The molecule has 1 aliphatic rings. The second kappa shape index (κ2) is 7.24. The predicted molar refractivity (Wildman–Crippen MR) is 86.8 cm³/mol. The Balaban J connectivity index is 2.20. The highest BCUT2D eigenvalue weighted by molar-refractivity contribution is 5.25. The van der Waals surface area contributed by atoms with E-state index in [9.17, 15) is 0 Å². The van der Waals surface area contributed by atoms with Crippen LogP contribution in [0.4, 0.5) is 0 Å². The fourth-order valence-corrected chi connectivity index (χ4v) is 3.28. The van der Waals surface area contributed by atoms with Crippen molar-refractivity contribution in [1.82, 2.24) is 4.90 Å². The van der Waals surface area contributed by atoms with E-state index in [0.29, 0.717) is 6.04 Å². The normalized spacial score (nSPS) is 24.1. The van der Waals surface area contributed by atoms with Crippen LogP contribution in [0.1, 0.15) is 56.7 Å². The van der Waals surface area contributed by atoms with Crippen molar-refractivity contribution in [1.29, 1.82) is 0 Å². The molecule has 2 N–H and O–H groups in total. The van der Waals surface area contributed by atoms with Gasteiger partial charge in [0.25, 0.3) is 0 Å². The van der Waals surface area contributed by atoms with Gasteiger partial charge in [-0.15, -0.1) is 0 Å². The number of rotatable bonds is 4. The topological polar surface area (TPSA) is 29.3 Å². The third-order valence-electron chi connectivity index (χ3n) is 4.74. The van der Waals surface area contributed by atoms with E-state index in [2.05, 4.69) is 49.9 Å². The molecule has 0 bridgehead atoms. The number of nitrogens with zero attached hydrogens (tertiary/aromatic N) is 1. The number of aryl methyl sites for hydroxylation is 1. The minimum Gasteiger partial charge on any atom is -0.326 e. The Morgan fingerprint density at radius 3 is 2.55 bits per heavy atom. The zero-order valence-corrected chi connectivity index (χ0v) is 13.3. The summed E-state index contributed by atoms with van der Waals surface area (Å²) in [4.78, 5) is 2.63. The first kappa shape index (κ1) is 15.5. The van der Waals surface area contributed by atoms with Gasteiger partial charge in [0.1, 0.15) is 0 Å². The van der Waals surface area contributed by atoms with Gasteiger partial charge in [-0.25, -0.2) is 0 Å². The Morgan fingerprint density at radius 2 is 1.90 bits per heavy atom. The third kappa shape index (κ3) is 3.83. The molecule has 1 aliphatic heterocycles. The van der Waals surface area contributed by atoms with E-state index < -0.39 is 0 Å². The molecule has 2 heteroatoms. The van der Waals surface area contributed by atoms with Crippen molar-refractivity contribution in [3.05, 3.63) is 35.4 Å². The molecule has 3 atom stereocenters. The Kier molecular flexibility index (Phi) is 5.62. The summed E-state index contributed by atoms with van der Waals surface area (Å²) in [6.07, 6.45) is 5.00. The fraction of sp³-hybridized carbons (Fsp3) is 0.667. The van der Waals surface area contributed by atoms with Crippen molar-refractivity contribution >= 4 is 0 Å². The lowest BCUT2D eigenvalue weighted by Gasteiger charge is -2.35. The largest absolute Gasteiger partial charge is 0.326 e. The molecule has 0 radical (unpaired) electrons. The lowest BCUT2D eigenvalue weighted by Crippen LogP contribution is -2.41. The smallest absolute Gasteiger partial charge is 0.0499 e. The molecule has 1 fully saturated rings. The Hall–Kier alpha value is -0.860. The van der Waals surface area contributed by atoms with Crippen LogP contribution in [-0.4, -0.2) is 24.0 Å². The molecule has 2 rings (SSSR count). The molecule has 1 aromatic carbocycles. The SMILES string of the molecule is CCC(N)C(c1ccc(C)cc1)N1CCCC(C)CC1. The molecular weight excluding hydrogens is 244 g/mol. The van der Waals surface area contributed by atoms with E-state index in [1.807, 2.05) is 0 Å². The van der Waals surface area contributed by atoms with Crippen LogP contribution < -0.4 is 5.73 Å². The summed E-state index contributed by atoms with van der Waals surface area (Å²) in [6, 6.07) is 9.57. The fourth-order valence-electron chi connectivity index (χ4n) is 3.28. The number of nitrogens with two attached hydrogens (primary N) is 1. The van der Waals surface area contributed by atoms with Gasteiger partial charge in [0.05, 0.1) is 0 Å². The Morgan fingerprint density at radius 1 is 1.20 bits per heavy atom. The maximum atomic E-state index is 6.46. The summed E-state index contributed by atoms with van der Waals surface area (Å²) in [5, 5.41) is 0. The monoisotopic (exact) mass is 274 g/mol. The summed E-state index contributed by atoms with van der Waals surface area (Å²) >= 11 is 0. The lowest BCUT2D eigenvalue weighted by molar-refractivity contribution is 0.174. The second-order valence-electron chi connectivity index (χ2n) is 6.50. The molecule has 0 aromatic heterocycles. The van der Waals surface area contributed by atoms with Crippen LogP contribution in [0.3, 0.4) is 0 Å². The van der Waals surface area contributed by atoms with Gasteiger partial charge in [0.2, 0.25) is 0 Å². The zero-order valence-electron chi connectivity index (χ0n) is 13.3. The Labute approximate surface area is 124 Å². The molecule has 2 nitrogen and oxygen atoms in total. The highest BCUT2D eigenvalue weighted by Gasteiger charge is 2.27. The molecule has 0 aliphatic carbocycles. The maximum absolute atomic E-state index is 6.46. The van der Waals surface area contributed by atoms with Crippen molar-refractivity contribution in [3.8, 4) is 0 Å². The average molecular weight is 274 g/mol. The standard InChI is InChI=1S/C18H30N2/c1-4-17(19)18(16-9-7-15(3)8-10-16)20-12-5-6-14(2)11-13-20/h7-10,14,17-18H,4-6,11-13,19H2,1-3H3. The number of likely N-dealkylation sites (tertiary alicyclic amines) is 1. The molecule has 1 saturated heterocycles. The predicted octanol–water partition coefficient (Wildman–Crippen LogP) is 3.90. The minimum absolute atomic E-state index is 0.228. The molecule has 3 unspecified atom stereocenters. The van der Waals surface area contributed by atoms with E-state index in [0.717, 1.165) is 12.3 Å². The number of benzene rings is 1. The lowest BCUT2D eigenvalue weighted by atomic mass is 9.95. The number of hydrogen-bond acceptors (Lipinski definition) is 2. The van der Waals surface area contributed by atoms with E-state index in [1.165, 1.54) is 43.5 Å². The first-order valence-electron chi connectivity index (χ1n) is 8.18. The van der Waals surface area contributed by atoms with Crippen LogP contribution in [0, 0.1) is 12.8 Å². The molecule has 1 aromatic rings. The van der Waals surface area contributed by atoms with Gasteiger partial charge in [-0.05, 0) is 57.2 Å². The van der Waals surface area contributed by atoms with Gasteiger partial charge < -0.3 is 5.73 Å². The summed E-state index contributed by atoms with van der Waals surface area (Å²) in [7, 11) is 0.